The van der Waals surface area contributed by atoms with E-state index in [-0.39, 0.29) is 12.1 Å². The lowest BCUT2D eigenvalue weighted by Gasteiger charge is -2.33. The van der Waals surface area contributed by atoms with E-state index in [0.29, 0.717) is 30.2 Å². The van der Waals surface area contributed by atoms with Crippen molar-refractivity contribution in [1.29, 1.82) is 0 Å². The fraction of sp³-hybridized carbons (Fsp3) is 0.429. The number of aromatic nitrogens is 4. The van der Waals surface area contributed by atoms with E-state index in [0.717, 1.165) is 29.5 Å². The van der Waals surface area contributed by atoms with Gasteiger partial charge in [0.2, 0.25) is 0 Å². The van der Waals surface area contributed by atoms with Gasteiger partial charge in [-0.1, -0.05) is 12.1 Å². The third-order valence-corrected chi connectivity index (χ3v) is 5.16. The SMILES string of the molecule is CC(C)(C)OC(=O)N1CCC(n2nc(-c3ccc(N)cc3)c3c(N)ncnc32)CC1. The molecule has 30 heavy (non-hydrogen) atoms. The zero-order valence-corrected chi connectivity index (χ0v) is 17.5. The van der Waals surface area contributed by atoms with Gasteiger partial charge in [0.15, 0.2) is 5.65 Å². The average molecular weight is 409 g/mol. The Bertz CT molecular complexity index is 1060. The number of fused-ring (bicyclic) bond motifs is 1. The number of benzene rings is 1. The summed E-state index contributed by atoms with van der Waals surface area (Å²) in [6, 6.07) is 7.60. The fourth-order valence-electron chi connectivity index (χ4n) is 3.71. The lowest BCUT2D eigenvalue weighted by molar-refractivity contribution is 0.0186. The second-order valence-corrected chi connectivity index (χ2v) is 8.57. The van der Waals surface area contributed by atoms with Gasteiger partial charge < -0.3 is 21.1 Å². The van der Waals surface area contributed by atoms with E-state index < -0.39 is 5.60 Å². The molecule has 0 bridgehead atoms. The van der Waals surface area contributed by atoms with E-state index >= 15 is 0 Å². The number of nitrogens with two attached hydrogens (primary N) is 2. The minimum Gasteiger partial charge on any atom is -0.444 e. The van der Waals surface area contributed by atoms with Crippen molar-refractivity contribution in [3.05, 3.63) is 30.6 Å². The van der Waals surface area contributed by atoms with Crippen molar-refractivity contribution in [1.82, 2.24) is 24.6 Å². The maximum atomic E-state index is 12.4. The van der Waals surface area contributed by atoms with E-state index in [4.69, 9.17) is 21.3 Å². The average Bonchev–Trinajstić information content (AvgIpc) is 3.08. The van der Waals surface area contributed by atoms with E-state index in [1.807, 2.05) is 49.7 Å². The number of nitrogen functional groups attached to an aromatic ring is 2. The van der Waals surface area contributed by atoms with Crippen LogP contribution in [0.5, 0.6) is 0 Å². The molecule has 0 spiro atoms. The first kappa shape index (κ1) is 19.9. The number of hydrogen-bond acceptors (Lipinski definition) is 7. The summed E-state index contributed by atoms with van der Waals surface area (Å²) in [5.74, 6) is 0.393. The Labute approximate surface area is 175 Å². The number of likely N-dealkylation sites (tertiary alicyclic amines) is 1. The monoisotopic (exact) mass is 409 g/mol. The molecule has 1 saturated heterocycles. The number of anilines is 2. The molecule has 158 valence electrons. The molecule has 0 unspecified atom stereocenters. The highest BCUT2D eigenvalue weighted by molar-refractivity contribution is 5.98. The number of rotatable bonds is 2. The number of carbonyl (C=O) groups is 1. The highest BCUT2D eigenvalue weighted by Crippen LogP contribution is 2.34. The van der Waals surface area contributed by atoms with Crippen LogP contribution < -0.4 is 11.5 Å². The largest absolute Gasteiger partial charge is 0.444 e. The third-order valence-electron chi connectivity index (χ3n) is 5.16. The minimum atomic E-state index is -0.505. The summed E-state index contributed by atoms with van der Waals surface area (Å²) in [7, 11) is 0. The van der Waals surface area contributed by atoms with Gasteiger partial charge in [-0.05, 0) is 45.7 Å². The normalized spacial score (nSPS) is 15.5. The van der Waals surface area contributed by atoms with Gasteiger partial charge in [-0.2, -0.15) is 5.10 Å². The van der Waals surface area contributed by atoms with Crippen LogP contribution in [-0.2, 0) is 4.74 Å². The van der Waals surface area contributed by atoms with Gasteiger partial charge in [-0.3, -0.25) is 0 Å². The van der Waals surface area contributed by atoms with Gasteiger partial charge in [0.1, 0.15) is 23.4 Å². The van der Waals surface area contributed by atoms with Crippen LogP contribution in [0, 0.1) is 0 Å². The molecule has 0 aliphatic carbocycles. The summed E-state index contributed by atoms with van der Waals surface area (Å²) >= 11 is 0. The van der Waals surface area contributed by atoms with Crippen molar-refractivity contribution in [2.75, 3.05) is 24.6 Å². The number of piperidine rings is 1. The number of hydrogen-bond donors (Lipinski definition) is 2. The van der Waals surface area contributed by atoms with Crippen LogP contribution in [0.3, 0.4) is 0 Å². The Kier molecular flexibility index (Phi) is 4.97. The third kappa shape index (κ3) is 3.87. The molecule has 1 amide bonds. The quantitative estimate of drug-likeness (QED) is 0.622. The summed E-state index contributed by atoms with van der Waals surface area (Å²) < 4.78 is 7.42. The van der Waals surface area contributed by atoms with Crippen molar-refractivity contribution in [2.24, 2.45) is 0 Å². The van der Waals surface area contributed by atoms with Crippen molar-refractivity contribution in [3.63, 3.8) is 0 Å². The highest BCUT2D eigenvalue weighted by atomic mass is 16.6. The lowest BCUT2D eigenvalue weighted by Crippen LogP contribution is -2.42. The van der Waals surface area contributed by atoms with Gasteiger partial charge >= 0.3 is 6.09 Å². The van der Waals surface area contributed by atoms with Crippen LogP contribution in [0.15, 0.2) is 30.6 Å². The van der Waals surface area contributed by atoms with E-state index in [9.17, 15) is 4.79 Å². The summed E-state index contributed by atoms with van der Waals surface area (Å²) in [5, 5.41) is 5.59. The Morgan fingerprint density at radius 1 is 1.10 bits per heavy atom. The molecule has 3 aromatic rings. The predicted molar refractivity (Wildman–Crippen MR) is 116 cm³/mol. The van der Waals surface area contributed by atoms with Gasteiger partial charge in [-0.25, -0.2) is 19.4 Å². The molecule has 0 radical (unpaired) electrons. The zero-order valence-electron chi connectivity index (χ0n) is 17.5. The van der Waals surface area contributed by atoms with Crippen molar-refractivity contribution in [3.8, 4) is 11.3 Å². The molecule has 2 aromatic heterocycles. The molecular weight excluding hydrogens is 382 g/mol. The smallest absolute Gasteiger partial charge is 0.410 e. The minimum absolute atomic E-state index is 0.100. The Balaban J connectivity index is 1.62. The van der Waals surface area contributed by atoms with Gasteiger partial charge in [-0.15, -0.1) is 0 Å². The maximum absolute atomic E-state index is 12.4. The van der Waals surface area contributed by atoms with Crippen molar-refractivity contribution in [2.45, 2.75) is 45.3 Å². The number of carbonyl (C=O) groups excluding carboxylic acids is 1. The van der Waals surface area contributed by atoms with Gasteiger partial charge in [0.05, 0.1) is 11.4 Å². The second kappa shape index (κ2) is 7.47. The molecule has 0 atom stereocenters. The molecule has 1 aliphatic heterocycles. The number of ether oxygens (including phenoxy) is 1. The first-order chi connectivity index (χ1) is 14.2. The van der Waals surface area contributed by atoms with Crippen molar-refractivity contribution < 1.29 is 9.53 Å². The van der Waals surface area contributed by atoms with E-state index in [1.54, 1.807) is 4.90 Å². The first-order valence-electron chi connectivity index (χ1n) is 10.1. The number of amides is 1. The first-order valence-corrected chi connectivity index (χ1v) is 10.1. The summed E-state index contributed by atoms with van der Waals surface area (Å²) in [5.41, 5.74) is 14.5. The van der Waals surface area contributed by atoms with Crippen LogP contribution in [0.4, 0.5) is 16.3 Å². The summed E-state index contributed by atoms with van der Waals surface area (Å²) in [4.78, 5) is 22.7. The molecule has 0 saturated carbocycles. The molecule has 1 fully saturated rings. The van der Waals surface area contributed by atoms with Crippen LogP contribution in [0.2, 0.25) is 0 Å². The molecule has 4 N–H and O–H groups in total. The van der Waals surface area contributed by atoms with Crippen LogP contribution >= 0.6 is 0 Å². The van der Waals surface area contributed by atoms with Crippen molar-refractivity contribution >= 4 is 28.6 Å². The standard InChI is InChI=1S/C21H27N7O2/c1-21(2,3)30-20(29)27-10-8-15(9-11-27)28-19-16(18(23)24-12-25-19)17(26-28)13-4-6-14(22)7-5-13/h4-7,12,15H,8-11,22H2,1-3H3,(H2,23,24,25). The second-order valence-electron chi connectivity index (χ2n) is 8.57. The van der Waals surface area contributed by atoms with E-state index in [1.165, 1.54) is 6.33 Å². The van der Waals surface area contributed by atoms with Crippen LogP contribution in [0.1, 0.15) is 39.7 Å². The number of nitrogens with zero attached hydrogens (tertiary/aromatic N) is 5. The Morgan fingerprint density at radius 2 is 1.77 bits per heavy atom. The van der Waals surface area contributed by atoms with E-state index in [2.05, 4.69) is 9.97 Å². The van der Waals surface area contributed by atoms with Gasteiger partial charge in [0, 0.05) is 24.3 Å². The molecule has 3 heterocycles. The Morgan fingerprint density at radius 3 is 2.40 bits per heavy atom. The molecular formula is C21H27N7O2. The molecule has 9 heteroatoms. The highest BCUT2D eigenvalue weighted by Gasteiger charge is 2.30. The lowest BCUT2D eigenvalue weighted by atomic mass is 10.1. The van der Waals surface area contributed by atoms with Crippen LogP contribution in [0.25, 0.3) is 22.3 Å². The Hall–Kier alpha value is -3.36. The van der Waals surface area contributed by atoms with Gasteiger partial charge in [0.25, 0.3) is 0 Å². The van der Waals surface area contributed by atoms with Crippen LogP contribution in [-0.4, -0.2) is 49.4 Å². The maximum Gasteiger partial charge on any atom is 0.410 e. The summed E-state index contributed by atoms with van der Waals surface area (Å²) in [6.45, 7) is 6.81. The molecule has 1 aromatic carbocycles. The molecule has 9 nitrogen and oxygen atoms in total. The predicted octanol–water partition coefficient (Wildman–Crippen LogP) is 3.23. The molecule has 1 aliphatic rings. The molecule has 4 rings (SSSR count). The zero-order chi connectivity index (χ0) is 21.5. The summed E-state index contributed by atoms with van der Waals surface area (Å²) in [6.07, 6.45) is 2.68. The topological polar surface area (TPSA) is 125 Å². The fourth-order valence-corrected chi connectivity index (χ4v) is 3.71.